The lowest BCUT2D eigenvalue weighted by atomic mass is 10.1. The van der Waals surface area contributed by atoms with Gasteiger partial charge in [-0.2, -0.15) is 4.31 Å². The second kappa shape index (κ2) is 7.97. The molecule has 1 aliphatic rings. The van der Waals surface area contributed by atoms with Crippen molar-refractivity contribution in [1.29, 1.82) is 0 Å². The Kier molecular flexibility index (Phi) is 6.18. The van der Waals surface area contributed by atoms with Gasteiger partial charge >= 0.3 is 5.97 Å². The van der Waals surface area contributed by atoms with Gasteiger partial charge in [0.2, 0.25) is 10.0 Å². The number of amides is 1. The highest BCUT2D eigenvalue weighted by molar-refractivity contribution is 7.89. The van der Waals surface area contributed by atoms with Gasteiger partial charge in [0.1, 0.15) is 0 Å². The molecule has 25 heavy (non-hydrogen) atoms. The Morgan fingerprint density at radius 1 is 1.24 bits per heavy atom. The first kappa shape index (κ1) is 19.4. The fourth-order valence-corrected chi connectivity index (χ4v) is 4.13. The van der Waals surface area contributed by atoms with Crippen LogP contribution in [-0.4, -0.2) is 50.3 Å². The third kappa shape index (κ3) is 4.79. The van der Waals surface area contributed by atoms with Crippen LogP contribution in [0.15, 0.2) is 23.1 Å². The van der Waals surface area contributed by atoms with Gasteiger partial charge in [0.15, 0.2) is 6.61 Å². The van der Waals surface area contributed by atoms with Crippen molar-refractivity contribution in [3.05, 3.63) is 29.3 Å². The Balaban J connectivity index is 2.14. The third-order valence-electron chi connectivity index (χ3n) is 4.02. The summed E-state index contributed by atoms with van der Waals surface area (Å²) in [5.74, 6) is -1.07. The van der Waals surface area contributed by atoms with Crippen LogP contribution >= 0.6 is 0 Å². The van der Waals surface area contributed by atoms with Crippen molar-refractivity contribution in [3.63, 3.8) is 0 Å². The van der Waals surface area contributed by atoms with Crippen molar-refractivity contribution >= 4 is 21.9 Å². The summed E-state index contributed by atoms with van der Waals surface area (Å²) >= 11 is 0. The van der Waals surface area contributed by atoms with Gasteiger partial charge < -0.3 is 10.1 Å². The van der Waals surface area contributed by atoms with E-state index in [9.17, 15) is 18.0 Å². The molecule has 0 atom stereocenters. The van der Waals surface area contributed by atoms with Gasteiger partial charge in [-0.25, -0.2) is 13.2 Å². The molecule has 1 aromatic rings. The lowest BCUT2D eigenvalue weighted by molar-refractivity contribution is -0.124. The molecule has 1 saturated carbocycles. The molecule has 1 fully saturated rings. The predicted molar refractivity (Wildman–Crippen MR) is 92.7 cm³/mol. The van der Waals surface area contributed by atoms with Gasteiger partial charge in [0.25, 0.3) is 5.91 Å². The molecular weight excluding hydrogens is 344 g/mol. The summed E-state index contributed by atoms with van der Waals surface area (Å²) in [5, 5.41) is 2.72. The van der Waals surface area contributed by atoms with Crippen LogP contribution in [0.1, 0.15) is 42.6 Å². The first-order chi connectivity index (χ1) is 11.8. The fourth-order valence-electron chi connectivity index (χ4n) is 2.42. The number of aryl methyl sites for hydroxylation is 1. The molecular formula is C17H24N2O5S. The minimum absolute atomic E-state index is 0.0769. The number of hydrogen-bond acceptors (Lipinski definition) is 5. The van der Waals surface area contributed by atoms with Crippen LogP contribution in [0.25, 0.3) is 0 Å². The molecule has 1 aliphatic carbocycles. The summed E-state index contributed by atoms with van der Waals surface area (Å²) in [6, 6.07) is 4.57. The Labute approximate surface area is 148 Å². The SMILES string of the molecule is CCN(CC)S(=O)(=O)c1cc(C(=O)OCC(=O)NC2CC2)ccc1C. The Morgan fingerprint density at radius 2 is 1.88 bits per heavy atom. The molecule has 0 aromatic heterocycles. The molecule has 0 aliphatic heterocycles. The van der Waals surface area contributed by atoms with Gasteiger partial charge in [-0.15, -0.1) is 0 Å². The highest BCUT2D eigenvalue weighted by atomic mass is 32.2. The van der Waals surface area contributed by atoms with E-state index in [1.54, 1.807) is 26.8 Å². The van der Waals surface area contributed by atoms with Gasteiger partial charge in [0, 0.05) is 19.1 Å². The summed E-state index contributed by atoms with van der Waals surface area (Å²) in [6.07, 6.45) is 1.90. The van der Waals surface area contributed by atoms with Crippen molar-refractivity contribution in [1.82, 2.24) is 9.62 Å². The zero-order chi connectivity index (χ0) is 18.6. The molecule has 0 saturated heterocycles. The fraction of sp³-hybridized carbons (Fsp3) is 0.529. The van der Waals surface area contributed by atoms with Gasteiger partial charge in [0.05, 0.1) is 10.5 Å². The second-order valence-electron chi connectivity index (χ2n) is 5.99. The standard InChI is InChI=1S/C17H24N2O5S/c1-4-19(5-2)25(22,23)15-10-13(7-6-12(15)3)17(21)24-11-16(20)18-14-8-9-14/h6-7,10,14H,4-5,8-9,11H2,1-3H3,(H,18,20). The second-order valence-corrected chi connectivity index (χ2v) is 7.89. The monoisotopic (exact) mass is 368 g/mol. The molecule has 0 bridgehead atoms. The van der Waals surface area contributed by atoms with Crippen LogP contribution in [-0.2, 0) is 19.6 Å². The first-order valence-electron chi connectivity index (χ1n) is 8.36. The van der Waals surface area contributed by atoms with Crippen molar-refractivity contribution in [3.8, 4) is 0 Å². The van der Waals surface area contributed by atoms with E-state index >= 15 is 0 Å². The van der Waals surface area contributed by atoms with Gasteiger partial charge in [-0.05, 0) is 37.5 Å². The zero-order valence-electron chi connectivity index (χ0n) is 14.7. The average Bonchev–Trinajstić information content (AvgIpc) is 3.37. The van der Waals surface area contributed by atoms with Crippen molar-refractivity contribution in [2.75, 3.05) is 19.7 Å². The van der Waals surface area contributed by atoms with Gasteiger partial charge in [-0.3, -0.25) is 4.79 Å². The highest BCUT2D eigenvalue weighted by Gasteiger charge is 2.26. The zero-order valence-corrected chi connectivity index (χ0v) is 15.6. The van der Waals surface area contributed by atoms with Crippen LogP contribution < -0.4 is 5.32 Å². The molecule has 2 rings (SSSR count). The minimum atomic E-state index is -3.68. The number of carbonyl (C=O) groups excluding carboxylic acids is 2. The summed E-state index contributed by atoms with van der Waals surface area (Å²) in [5.41, 5.74) is 0.658. The Morgan fingerprint density at radius 3 is 2.44 bits per heavy atom. The molecule has 1 N–H and O–H groups in total. The van der Waals surface area contributed by atoms with E-state index in [1.807, 2.05) is 0 Å². The topological polar surface area (TPSA) is 92.8 Å². The average molecular weight is 368 g/mol. The van der Waals surface area contributed by atoms with E-state index in [0.717, 1.165) is 12.8 Å². The first-order valence-corrected chi connectivity index (χ1v) is 9.80. The van der Waals surface area contributed by atoms with E-state index in [0.29, 0.717) is 18.7 Å². The molecule has 7 nitrogen and oxygen atoms in total. The van der Waals surface area contributed by atoms with Crippen molar-refractivity contribution < 1.29 is 22.7 Å². The third-order valence-corrected chi connectivity index (χ3v) is 6.22. The van der Waals surface area contributed by atoms with E-state index < -0.39 is 16.0 Å². The maximum absolute atomic E-state index is 12.7. The van der Waals surface area contributed by atoms with Crippen LogP contribution in [0.2, 0.25) is 0 Å². The summed E-state index contributed by atoms with van der Waals surface area (Å²) < 4.78 is 31.7. The predicted octanol–water partition coefficient (Wildman–Crippen LogP) is 1.46. The number of nitrogens with zero attached hydrogens (tertiary/aromatic N) is 1. The minimum Gasteiger partial charge on any atom is -0.452 e. The summed E-state index contributed by atoms with van der Waals surface area (Å²) in [6.45, 7) is 5.50. The van der Waals surface area contributed by atoms with E-state index in [2.05, 4.69) is 5.32 Å². The molecule has 1 aromatic carbocycles. The normalized spacial score (nSPS) is 14.4. The molecule has 8 heteroatoms. The summed E-state index contributed by atoms with van der Waals surface area (Å²) in [4.78, 5) is 23.8. The molecule has 0 spiro atoms. The maximum Gasteiger partial charge on any atom is 0.338 e. The molecule has 138 valence electrons. The van der Waals surface area contributed by atoms with Crippen molar-refractivity contribution in [2.45, 2.75) is 44.6 Å². The molecule has 0 radical (unpaired) electrons. The molecule has 1 amide bonds. The molecule has 0 unspecified atom stereocenters. The van der Waals surface area contributed by atoms with Crippen LogP contribution in [0.5, 0.6) is 0 Å². The van der Waals surface area contributed by atoms with Crippen LogP contribution in [0, 0.1) is 6.92 Å². The Hall–Kier alpha value is -1.93. The van der Waals surface area contributed by atoms with E-state index in [-0.39, 0.29) is 29.0 Å². The lowest BCUT2D eigenvalue weighted by Crippen LogP contribution is -2.31. The highest BCUT2D eigenvalue weighted by Crippen LogP contribution is 2.22. The van der Waals surface area contributed by atoms with Gasteiger partial charge in [-0.1, -0.05) is 19.9 Å². The Bertz CT molecular complexity index is 752. The maximum atomic E-state index is 12.7. The van der Waals surface area contributed by atoms with Crippen LogP contribution in [0.4, 0.5) is 0 Å². The van der Waals surface area contributed by atoms with Crippen LogP contribution in [0.3, 0.4) is 0 Å². The number of sulfonamides is 1. The number of benzene rings is 1. The summed E-state index contributed by atoms with van der Waals surface area (Å²) in [7, 11) is -3.68. The lowest BCUT2D eigenvalue weighted by Gasteiger charge is -2.20. The number of esters is 1. The number of carbonyl (C=O) groups is 2. The molecule has 0 heterocycles. The number of hydrogen-bond donors (Lipinski definition) is 1. The quantitative estimate of drug-likeness (QED) is 0.701. The van der Waals surface area contributed by atoms with Crippen molar-refractivity contribution in [2.24, 2.45) is 0 Å². The number of rotatable bonds is 8. The van der Waals surface area contributed by atoms with E-state index in [1.165, 1.54) is 16.4 Å². The number of nitrogens with one attached hydrogen (secondary N) is 1. The van der Waals surface area contributed by atoms with E-state index in [4.69, 9.17) is 4.74 Å². The largest absolute Gasteiger partial charge is 0.452 e. The smallest absolute Gasteiger partial charge is 0.338 e. The number of ether oxygens (including phenoxy) is 1.